The summed E-state index contributed by atoms with van der Waals surface area (Å²) in [6, 6.07) is 0. The normalized spacial score (nSPS) is 17.8. The average Bonchev–Trinajstić information content (AvgIpc) is 3.11. The molecule has 8 heteroatoms. The Bertz CT molecular complexity index is 714. The molecule has 0 bridgehead atoms. The fourth-order valence-electron chi connectivity index (χ4n) is 2.71. The second-order valence-corrected chi connectivity index (χ2v) is 7.76. The Balaban J connectivity index is 1.63. The number of hydrogen-bond acceptors (Lipinski definition) is 6. The predicted octanol–water partition coefficient (Wildman–Crippen LogP) is 1.81. The van der Waals surface area contributed by atoms with Crippen LogP contribution in [0.25, 0.3) is 0 Å². The number of aryl methyl sites for hydroxylation is 1. The van der Waals surface area contributed by atoms with Gasteiger partial charge in [0.2, 0.25) is 5.13 Å². The highest BCUT2D eigenvalue weighted by Gasteiger charge is 2.25. The van der Waals surface area contributed by atoms with Crippen molar-refractivity contribution in [2.75, 3.05) is 11.9 Å². The molecule has 0 radical (unpaired) electrons. The monoisotopic (exact) mass is 334 g/mol. The third kappa shape index (κ3) is 3.36. The second-order valence-electron chi connectivity index (χ2n) is 7.01. The van der Waals surface area contributed by atoms with E-state index in [0.29, 0.717) is 11.5 Å². The first kappa shape index (κ1) is 15.9. The maximum Gasteiger partial charge on any atom is 0.252 e. The number of anilines is 1. The first-order valence-corrected chi connectivity index (χ1v) is 8.54. The van der Waals surface area contributed by atoms with Crippen LogP contribution < -0.4 is 11.1 Å². The molecule has 1 amide bonds. The van der Waals surface area contributed by atoms with Crippen LogP contribution in [0.15, 0.2) is 6.20 Å². The lowest BCUT2D eigenvalue weighted by Gasteiger charge is -2.24. The molecule has 3 heterocycles. The third-order valence-corrected chi connectivity index (χ3v) is 4.76. The quantitative estimate of drug-likeness (QED) is 0.888. The topological polar surface area (TPSA) is 98.7 Å². The number of rotatable bonds is 4. The van der Waals surface area contributed by atoms with Gasteiger partial charge in [-0.1, -0.05) is 20.8 Å². The van der Waals surface area contributed by atoms with Crippen LogP contribution >= 0.6 is 11.5 Å². The third-order valence-electron chi connectivity index (χ3n) is 4.08. The molecule has 1 atom stereocenters. The maximum absolute atomic E-state index is 11.5. The molecule has 23 heavy (non-hydrogen) atoms. The summed E-state index contributed by atoms with van der Waals surface area (Å²) >= 11 is 1.40. The Morgan fingerprint density at radius 3 is 2.96 bits per heavy atom. The van der Waals surface area contributed by atoms with Crippen LogP contribution in [-0.4, -0.2) is 31.6 Å². The zero-order valence-electron chi connectivity index (χ0n) is 13.7. The van der Waals surface area contributed by atoms with Crippen LogP contribution in [-0.2, 0) is 18.4 Å². The molecule has 2 aromatic heterocycles. The molecule has 0 fully saturated rings. The number of primary amides is 1. The van der Waals surface area contributed by atoms with Crippen molar-refractivity contribution in [1.82, 2.24) is 19.1 Å². The fraction of sp³-hybridized carbons (Fsp3) is 0.600. The average molecular weight is 334 g/mol. The predicted molar refractivity (Wildman–Crippen MR) is 89.7 cm³/mol. The number of carbonyl (C=O) groups excluding carboxylic acids is 1. The molecule has 124 valence electrons. The number of hydrogen-bond donors (Lipinski definition) is 2. The van der Waals surface area contributed by atoms with Crippen molar-refractivity contribution in [3.05, 3.63) is 23.3 Å². The lowest BCUT2D eigenvalue weighted by molar-refractivity contribution is 0.0998. The van der Waals surface area contributed by atoms with Crippen LogP contribution in [0.5, 0.6) is 0 Å². The second kappa shape index (κ2) is 5.92. The van der Waals surface area contributed by atoms with Crippen molar-refractivity contribution in [3.63, 3.8) is 0 Å². The van der Waals surface area contributed by atoms with Crippen molar-refractivity contribution in [3.8, 4) is 0 Å². The van der Waals surface area contributed by atoms with Crippen molar-refractivity contribution in [1.29, 1.82) is 0 Å². The minimum absolute atomic E-state index is 0.0375. The molecule has 2 aromatic rings. The molecule has 0 aliphatic carbocycles. The van der Waals surface area contributed by atoms with Gasteiger partial charge in [-0.2, -0.15) is 9.47 Å². The van der Waals surface area contributed by atoms with Crippen molar-refractivity contribution >= 4 is 22.6 Å². The maximum atomic E-state index is 11.5. The summed E-state index contributed by atoms with van der Waals surface area (Å²) in [6.45, 7) is 7.94. The Hall–Kier alpha value is -1.96. The fourth-order valence-corrected chi connectivity index (χ4v) is 3.47. The first-order chi connectivity index (χ1) is 10.8. The molecule has 1 aliphatic rings. The van der Waals surface area contributed by atoms with Gasteiger partial charge in [-0.25, -0.2) is 4.98 Å². The standard InChI is InChI=1S/C15H22N6OS/c1-15(2,3)13-19-14(23-20-13)17-7-9-4-5-21-11(6-9)10(8-18-21)12(16)22/h8-9H,4-7H2,1-3H3,(H2,16,22)(H,17,19,20)/t9-/m1/s1. The van der Waals surface area contributed by atoms with E-state index in [1.807, 2.05) is 4.68 Å². The number of amides is 1. The highest BCUT2D eigenvalue weighted by molar-refractivity contribution is 7.09. The minimum Gasteiger partial charge on any atom is -0.365 e. The summed E-state index contributed by atoms with van der Waals surface area (Å²) in [7, 11) is 0. The summed E-state index contributed by atoms with van der Waals surface area (Å²) in [4.78, 5) is 16.0. The molecule has 3 rings (SSSR count). The largest absolute Gasteiger partial charge is 0.365 e. The Kier molecular flexibility index (Phi) is 4.09. The molecule has 0 unspecified atom stereocenters. The zero-order chi connectivity index (χ0) is 16.6. The SMILES string of the molecule is CC(C)(C)c1nsc(NC[C@@H]2CCn3ncc(C(N)=O)c3C2)n1. The van der Waals surface area contributed by atoms with Crippen LogP contribution in [0.3, 0.4) is 0 Å². The van der Waals surface area contributed by atoms with Crippen molar-refractivity contribution < 1.29 is 4.79 Å². The van der Waals surface area contributed by atoms with Gasteiger partial charge in [0, 0.05) is 30.0 Å². The molecule has 7 nitrogen and oxygen atoms in total. The van der Waals surface area contributed by atoms with E-state index in [4.69, 9.17) is 5.73 Å². The van der Waals surface area contributed by atoms with Gasteiger partial charge in [0.25, 0.3) is 5.91 Å². The van der Waals surface area contributed by atoms with E-state index in [1.165, 1.54) is 11.5 Å². The van der Waals surface area contributed by atoms with Gasteiger partial charge < -0.3 is 11.1 Å². The highest BCUT2D eigenvalue weighted by Crippen LogP contribution is 2.25. The number of nitrogens with two attached hydrogens (primary N) is 1. The van der Waals surface area contributed by atoms with E-state index in [9.17, 15) is 4.79 Å². The summed E-state index contributed by atoms with van der Waals surface area (Å²) in [6.07, 6.45) is 3.40. The van der Waals surface area contributed by atoms with Gasteiger partial charge >= 0.3 is 0 Å². The molecule has 0 saturated carbocycles. The van der Waals surface area contributed by atoms with E-state index >= 15 is 0 Å². The Morgan fingerprint density at radius 2 is 2.30 bits per heavy atom. The lowest BCUT2D eigenvalue weighted by Crippen LogP contribution is -2.27. The number of aromatic nitrogens is 4. The van der Waals surface area contributed by atoms with E-state index in [2.05, 4.69) is 40.5 Å². The van der Waals surface area contributed by atoms with Crippen LogP contribution in [0.4, 0.5) is 5.13 Å². The summed E-state index contributed by atoms with van der Waals surface area (Å²) in [5, 5.41) is 8.46. The van der Waals surface area contributed by atoms with Crippen LogP contribution in [0.1, 0.15) is 49.1 Å². The molecule has 0 spiro atoms. The molecular formula is C15H22N6OS. The number of fused-ring (bicyclic) bond motifs is 1. The van der Waals surface area contributed by atoms with Gasteiger partial charge in [-0.15, -0.1) is 0 Å². The molecule has 0 aromatic carbocycles. The van der Waals surface area contributed by atoms with Gasteiger partial charge in [0.05, 0.1) is 17.5 Å². The van der Waals surface area contributed by atoms with Gasteiger partial charge in [0.1, 0.15) is 5.82 Å². The minimum atomic E-state index is -0.404. The van der Waals surface area contributed by atoms with Crippen LogP contribution in [0, 0.1) is 5.92 Å². The van der Waals surface area contributed by atoms with Gasteiger partial charge in [-0.3, -0.25) is 9.48 Å². The highest BCUT2D eigenvalue weighted by atomic mass is 32.1. The van der Waals surface area contributed by atoms with E-state index in [-0.39, 0.29) is 5.41 Å². The lowest BCUT2D eigenvalue weighted by atomic mass is 9.94. The zero-order valence-corrected chi connectivity index (χ0v) is 14.5. The Labute approximate surface area is 139 Å². The van der Waals surface area contributed by atoms with E-state index in [0.717, 1.165) is 42.6 Å². The van der Waals surface area contributed by atoms with E-state index in [1.54, 1.807) is 6.20 Å². The Morgan fingerprint density at radius 1 is 1.52 bits per heavy atom. The summed E-state index contributed by atoms with van der Waals surface area (Å²) < 4.78 is 6.30. The van der Waals surface area contributed by atoms with Crippen molar-refractivity contribution in [2.45, 2.75) is 45.6 Å². The molecule has 3 N–H and O–H groups in total. The van der Waals surface area contributed by atoms with E-state index < -0.39 is 5.91 Å². The van der Waals surface area contributed by atoms with Gasteiger partial charge in [-0.05, 0) is 18.8 Å². The molecular weight excluding hydrogens is 312 g/mol. The summed E-state index contributed by atoms with van der Waals surface area (Å²) in [5.74, 6) is 0.890. The van der Waals surface area contributed by atoms with Gasteiger partial charge in [0.15, 0.2) is 0 Å². The molecule has 0 saturated heterocycles. The molecule has 1 aliphatic heterocycles. The van der Waals surface area contributed by atoms with Crippen LogP contribution in [0.2, 0.25) is 0 Å². The summed E-state index contributed by atoms with van der Waals surface area (Å²) in [5.41, 5.74) is 6.86. The number of nitrogens with one attached hydrogen (secondary N) is 1. The number of nitrogens with zero attached hydrogens (tertiary/aromatic N) is 4. The van der Waals surface area contributed by atoms with Crippen molar-refractivity contribution in [2.24, 2.45) is 11.7 Å². The smallest absolute Gasteiger partial charge is 0.252 e. The first-order valence-electron chi connectivity index (χ1n) is 7.77. The number of carbonyl (C=O) groups is 1.